The molecule has 4 heterocycles. The first-order valence-corrected chi connectivity index (χ1v) is 9.82. The van der Waals surface area contributed by atoms with Gasteiger partial charge in [-0.1, -0.05) is 0 Å². The highest BCUT2D eigenvalue weighted by Gasteiger charge is 2.14. The van der Waals surface area contributed by atoms with Gasteiger partial charge in [0.05, 0.1) is 9.40 Å². The summed E-state index contributed by atoms with van der Waals surface area (Å²) >= 11 is 7.67. The maximum Gasteiger partial charge on any atom is 0.0532 e. The van der Waals surface area contributed by atoms with Crippen molar-refractivity contribution in [2.24, 2.45) is 0 Å². The summed E-state index contributed by atoms with van der Waals surface area (Å²) in [5.74, 6) is 0. The summed E-state index contributed by atoms with van der Waals surface area (Å²) in [4.78, 5) is 0. The zero-order valence-electron chi connectivity index (χ0n) is 10.9. The highest BCUT2D eigenvalue weighted by molar-refractivity contribution is 7.34. The largest absolute Gasteiger partial charge is 0.142 e. The number of benzene rings is 1. The van der Waals surface area contributed by atoms with Gasteiger partial charge in [0.25, 0.3) is 0 Å². The number of rotatable bonds is 0. The third-order valence-electron chi connectivity index (χ3n) is 3.83. The zero-order chi connectivity index (χ0) is 13.4. The Bertz CT molecular complexity index is 1030. The number of hydrogen-bond donors (Lipinski definition) is 0. The van der Waals surface area contributed by atoms with Gasteiger partial charge in [-0.15, -0.1) is 45.3 Å². The van der Waals surface area contributed by atoms with Crippen molar-refractivity contribution in [1.29, 1.82) is 0 Å². The van der Waals surface area contributed by atoms with Gasteiger partial charge in [-0.2, -0.15) is 0 Å². The Morgan fingerprint density at radius 1 is 0.650 bits per heavy atom. The maximum absolute atomic E-state index is 2.42. The average molecular weight is 331 g/mol. The first kappa shape index (κ1) is 11.7. The van der Waals surface area contributed by atoms with Crippen LogP contribution in [0.5, 0.6) is 0 Å². The van der Waals surface area contributed by atoms with Crippen molar-refractivity contribution < 1.29 is 0 Å². The SMILES string of the molecule is Cc1csc2c1sc1cc3sc4c(C)csc4c3cc12. The Morgan fingerprint density at radius 2 is 1.15 bits per heavy atom. The van der Waals surface area contributed by atoms with Gasteiger partial charge >= 0.3 is 0 Å². The van der Waals surface area contributed by atoms with Crippen LogP contribution in [-0.4, -0.2) is 0 Å². The van der Waals surface area contributed by atoms with Crippen molar-refractivity contribution in [2.75, 3.05) is 0 Å². The molecule has 0 aliphatic heterocycles. The molecule has 0 aliphatic rings. The highest BCUT2D eigenvalue weighted by Crippen LogP contribution is 2.46. The van der Waals surface area contributed by atoms with E-state index in [0.717, 1.165) is 0 Å². The van der Waals surface area contributed by atoms with E-state index in [1.165, 1.54) is 50.1 Å². The molecular weight excluding hydrogens is 320 g/mol. The molecule has 0 saturated heterocycles. The fourth-order valence-electron chi connectivity index (χ4n) is 2.80. The van der Waals surface area contributed by atoms with Crippen LogP contribution in [0.25, 0.3) is 39.0 Å². The lowest BCUT2D eigenvalue weighted by Crippen LogP contribution is -1.64. The molecule has 4 aromatic heterocycles. The third kappa shape index (κ3) is 1.35. The molecule has 98 valence electrons. The lowest BCUT2D eigenvalue weighted by molar-refractivity contribution is 1.63. The molecule has 0 bridgehead atoms. The highest BCUT2D eigenvalue weighted by atomic mass is 32.1. The van der Waals surface area contributed by atoms with Gasteiger partial charge in [0.1, 0.15) is 0 Å². The van der Waals surface area contributed by atoms with Crippen LogP contribution in [0.1, 0.15) is 11.1 Å². The molecule has 0 spiro atoms. The van der Waals surface area contributed by atoms with E-state index in [1.54, 1.807) is 0 Å². The van der Waals surface area contributed by atoms with E-state index in [0.29, 0.717) is 0 Å². The molecule has 0 amide bonds. The van der Waals surface area contributed by atoms with Crippen LogP contribution in [0.2, 0.25) is 0 Å². The number of fused-ring (bicyclic) bond motifs is 6. The summed E-state index contributed by atoms with van der Waals surface area (Å²) in [5, 5.41) is 7.45. The number of aryl methyl sites for hydroxylation is 2. The third-order valence-corrected chi connectivity index (χ3v) is 8.93. The monoisotopic (exact) mass is 330 g/mol. The molecule has 0 unspecified atom stereocenters. The normalized spacial score (nSPS) is 12.5. The van der Waals surface area contributed by atoms with Gasteiger partial charge in [-0.25, -0.2) is 0 Å². The number of thiophene rings is 4. The molecule has 0 radical (unpaired) electrons. The smallest absolute Gasteiger partial charge is 0.0532 e. The van der Waals surface area contributed by atoms with Gasteiger partial charge < -0.3 is 0 Å². The van der Waals surface area contributed by atoms with Crippen molar-refractivity contribution in [2.45, 2.75) is 13.8 Å². The van der Waals surface area contributed by atoms with E-state index in [1.807, 2.05) is 45.3 Å². The first-order chi connectivity index (χ1) is 9.72. The Kier molecular flexibility index (Phi) is 2.24. The molecule has 0 fully saturated rings. The second-order valence-electron chi connectivity index (χ2n) is 5.20. The molecule has 20 heavy (non-hydrogen) atoms. The van der Waals surface area contributed by atoms with Crippen LogP contribution >= 0.6 is 45.3 Å². The molecule has 0 nitrogen and oxygen atoms in total. The van der Waals surface area contributed by atoms with Crippen molar-refractivity contribution in [3.05, 3.63) is 34.0 Å². The van der Waals surface area contributed by atoms with Crippen LogP contribution in [0.4, 0.5) is 0 Å². The van der Waals surface area contributed by atoms with E-state index < -0.39 is 0 Å². The summed E-state index contributed by atoms with van der Waals surface area (Å²) in [6, 6.07) is 4.83. The second-order valence-corrected chi connectivity index (χ2v) is 9.07. The molecule has 0 saturated carbocycles. The predicted molar refractivity (Wildman–Crippen MR) is 97.4 cm³/mol. The fraction of sp³-hybridized carbons (Fsp3) is 0.125. The van der Waals surface area contributed by atoms with Gasteiger partial charge in [-0.3, -0.25) is 0 Å². The second kappa shape index (κ2) is 3.83. The van der Waals surface area contributed by atoms with Crippen LogP contribution in [0, 0.1) is 13.8 Å². The maximum atomic E-state index is 2.42. The molecule has 4 heteroatoms. The predicted octanol–water partition coefficient (Wildman–Crippen LogP) is 7.16. The Hall–Kier alpha value is -0.940. The van der Waals surface area contributed by atoms with Gasteiger partial charge in [0.2, 0.25) is 0 Å². The molecule has 0 N–H and O–H groups in total. The zero-order valence-corrected chi connectivity index (χ0v) is 14.2. The summed E-state index contributed by atoms with van der Waals surface area (Å²) in [5.41, 5.74) is 2.85. The van der Waals surface area contributed by atoms with Crippen LogP contribution in [0.15, 0.2) is 22.9 Å². The van der Waals surface area contributed by atoms with Crippen LogP contribution < -0.4 is 0 Å². The molecule has 5 rings (SSSR count). The lowest BCUT2D eigenvalue weighted by atomic mass is 10.2. The summed E-state index contributed by atoms with van der Waals surface area (Å²) < 4.78 is 8.76. The van der Waals surface area contributed by atoms with Gasteiger partial charge in [0.15, 0.2) is 0 Å². The lowest BCUT2D eigenvalue weighted by Gasteiger charge is -1.92. The first-order valence-electron chi connectivity index (χ1n) is 6.43. The Labute approximate surface area is 131 Å². The van der Waals surface area contributed by atoms with Crippen LogP contribution in [-0.2, 0) is 0 Å². The summed E-state index contributed by atoms with van der Waals surface area (Å²) in [7, 11) is 0. The van der Waals surface area contributed by atoms with Crippen molar-refractivity contribution in [3.63, 3.8) is 0 Å². The van der Waals surface area contributed by atoms with Gasteiger partial charge in [-0.05, 0) is 47.9 Å². The molecule has 0 aliphatic carbocycles. The van der Waals surface area contributed by atoms with Gasteiger partial charge in [0, 0.05) is 29.6 Å². The average Bonchev–Trinajstić information content (AvgIpc) is 3.13. The van der Waals surface area contributed by atoms with Crippen molar-refractivity contribution in [1.82, 2.24) is 0 Å². The van der Waals surface area contributed by atoms with Crippen LogP contribution in [0.3, 0.4) is 0 Å². The van der Waals surface area contributed by atoms with Crippen molar-refractivity contribution in [3.8, 4) is 0 Å². The minimum Gasteiger partial charge on any atom is -0.142 e. The Balaban J connectivity index is 2.04. The molecule has 5 aromatic rings. The summed E-state index contributed by atoms with van der Waals surface area (Å²) in [6.07, 6.45) is 0. The van der Waals surface area contributed by atoms with E-state index >= 15 is 0 Å². The fourth-order valence-corrected chi connectivity index (χ4v) is 7.82. The van der Waals surface area contributed by atoms with E-state index in [4.69, 9.17) is 0 Å². The molecule has 0 atom stereocenters. The minimum atomic E-state index is 1.42. The van der Waals surface area contributed by atoms with E-state index in [2.05, 4.69) is 36.7 Å². The van der Waals surface area contributed by atoms with E-state index in [-0.39, 0.29) is 0 Å². The Morgan fingerprint density at radius 3 is 1.65 bits per heavy atom. The standard InChI is InChI=1S/C16H10S4/c1-7-5-17-15-9-3-10-12(4-11(9)19-13(7)15)20-14-8(2)6-18-16(10)14/h3-6H,1-2H3. The van der Waals surface area contributed by atoms with Crippen molar-refractivity contribution >= 4 is 84.3 Å². The minimum absolute atomic E-state index is 1.42. The topological polar surface area (TPSA) is 0 Å². The van der Waals surface area contributed by atoms with E-state index in [9.17, 15) is 0 Å². The summed E-state index contributed by atoms with van der Waals surface area (Å²) in [6.45, 7) is 4.44. The number of hydrogen-bond acceptors (Lipinski definition) is 4. The quantitative estimate of drug-likeness (QED) is 0.282. The molecular formula is C16H10S4. The molecule has 1 aromatic carbocycles.